The Morgan fingerprint density at radius 1 is 0.972 bits per heavy atom. The highest BCUT2D eigenvalue weighted by atomic mass is 35.5. The van der Waals surface area contributed by atoms with Gasteiger partial charge in [-0.25, -0.2) is 4.98 Å². The monoisotopic (exact) mass is 560 g/mol. The van der Waals surface area contributed by atoms with Crippen LogP contribution < -0.4 is 10.6 Å². The van der Waals surface area contributed by atoms with Crippen molar-refractivity contribution in [2.45, 2.75) is 18.9 Å². The Hall–Kier alpha value is -2.37. The van der Waals surface area contributed by atoms with E-state index >= 15 is 0 Å². The molecule has 2 aromatic heterocycles. The van der Waals surface area contributed by atoms with Crippen molar-refractivity contribution in [1.82, 2.24) is 19.5 Å². The van der Waals surface area contributed by atoms with Crippen LogP contribution in [0.15, 0.2) is 24.5 Å². The molecule has 1 aromatic carbocycles. The van der Waals surface area contributed by atoms with Crippen LogP contribution in [0.3, 0.4) is 0 Å². The lowest BCUT2D eigenvalue weighted by Crippen LogP contribution is -2.19. The first kappa shape index (κ1) is 28.2. The van der Waals surface area contributed by atoms with Crippen LogP contribution in [0.25, 0.3) is 11.2 Å². The van der Waals surface area contributed by atoms with Crippen molar-refractivity contribution < 1.29 is 32.0 Å². The topological polar surface area (TPSA) is 156 Å². The number of hydrogen-bond acceptors (Lipinski definition) is 11. The Kier molecular flexibility index (Phi) is 9.23. The SMILES string of the molecule is CNc1nc(Cl)nc2c1ncn2CC(=O)Nc1cc(CP(=O)(OC)OC)cc(CP(=O)(OC)OC)c1. The van der Waals surface area contributed by atoms with Gasteiger partial charge >= 0.3 is 15.2 Å². The Morgan fingerprint density at radius 2 is 1.53 bits per heavy atom. The van der Waals surface area contributed by atoms with Crippen LogP contribution in [-0.4, -0.2) is 60.9 Å². The maximum absolute atomic E-state index is 12.9. The van der Waals surface area contributed by atoms with E-state index in [1.165, 1.54) is 39.3 Å². The van der Waals surface area contributed by atoms with Crippen molar-refractivity contribution in [2.24, 2.45) is 0 Å². The summed E-state index contributed by atoms with van der Waals surface area (Å²) in [7, 11) is -0.0291. The van der Waals surface area contributed by atoms with Crippen molar-refractivity contribution in [2.75, 3.05) is 46.1 Å². The van der Waals surface area contributed by atoms with Gasteiger partial charge in [-0.15, -0.1) is 0 Å². The van der Waals surface area contributed by atoms with Gasteiger partial charge in [0.1, 0.15) is 6.54 Å². The Balaban J connectivity index is 1.90. The molecule has 13 nitrogen and oxygen atoms in total. The third-order valence-corrected chi connectivity index (χ3v) is 9.09. The largest absolute Gasteiger partial charge is 0.371 e. The molecule has 0 atom stereocenters. The van der Waals surface area contributed by atoms with Crippen molar-refractivity contribution in [3.8, 4) is 0 Å². The number of imidazole rings is 1. The average Bonchev–Trinajstić information content (AvgIpc) is 3.25. The predicted molar refractivity (Wildman–Crippen MR) is 136 cm³/mol. The van der Waals surface area contributed by atoms with E-state index in [9.17, 15) is 13.9 Å². The van der Waals surface area contributed by atoms with Crippen molar-refractivity contribution in [3.63, 3.8) is 0 Å². The molecule has 36 heavy (non-hydrogen) atoms. The predicted octanol–water partition coefficient (Wildman–Crippen LogP) is 4.13. The van der Waals surface area contributed by atoms with Crippen LogP contribution in [0.4, 0.5) is 11.5 Å². The van der Waals surface area contributed by atoms with Crippen molar-refractivity contribution in [3.05, 3.63) is 40.9 Å². The van der Waals surface area contributed by atoms with Crippen LogP contribution in [0, 0.1) is 0 Å². The maximum atomic E-state index is 12.9. The number of fused-ring (bicyclic) bond motifs is 1. The first-order chi connectivity index (χ1) is 17.1. The van der Waals surface area contributed by atoms with Gasteiger partial charge in [0.25, 0.3) is 0 Å². The summed E-state index contributed by atoms with van der Waals surface area (Å²) in [6.07, 6.45) is 1.31. The van der Waals surface area contributed by atoms with Crippen LogP contribution in [0.5, 0.6) is 0 Å². The fourth-order valence-corrected chi connectivity index (χ4v) is 5.67. The van der Waals surface area contributed by atoms with E-state index in [4.69, 9.17) is 29.7 Å². The zero-order chi connectivity index (χ0) is 26.5. The van der Waals surface area contributed by atoms with E-state index in [-0.39, 0.29) is 24.2 Å². The summed E-state index contributed by atoms with van der Waals surface area (Å²) in [5.74, 6) is 0.0319. The van der Waals surface area contributed by atoms with Gasteiger partial charge in [0.15, 0.2) is 17.0 Å². The molecule has 1 amide bonds. The number of halogens is 1. The van der Waals surface area contributed by atoms with Gasteiger partial charge in [-0.05, 0) is 34.9 Å². The van der Waals surface area contributed by atoms with E-state index in [2.05, 4.69) is 25.6 Å². The molecule has 2 heterocycles. The van der Waals surface area contributed by atoms with E-state index in [1.54, 1.807) is 25.2 Å². The summed E-state index contributed by atoms with van der Waals surface area (Å²) in [6.45, 7) is -0.129. The maximum Gasteiger partial charge on any atom is 0.334 e. The molecule has 0 bridgehead atoms. The molecule has 196 valence electrons. The molecule has 0 aliphatic carbocycles. The number of carbonyl (C=O) groups is 1. The summed E-state index contributed by atoms with van der Waals surface area (Å²) >= 11 is 6.00. The number of anilines is 2. The second kappa shape index (κ2) is 11.8. The van der Waals surface area contributed by atoms with Crippen LogP contribution >= 0.6 is 26.8 Å². The molecule has 0 aliphatic heterocycles. The molecule has 0 spiro atoms. The van der Waals surface area contributed by atoms with Gasteiger partial charge < -0.3 is 33.3 Å². The van der Waals surface area contributed by atoms with E-state index < -0.39 is 21.1 Å². The Morgan fingerprint density at radius 3 is 2.03 bits per heavy atom. The molecule has 0 saturated heterocycles. The normalized spacial score (nSPS) is 12.2. The lowest BCUT2D eigenvalue weighted by atomic mass is 10.1. The molecule has 0 radical (unpaired) electrons. The van der Waals surface area contributed by atoms with Gasteiger partial charge in [-0.1, -0.05) is 6.07 Å². The van der Waals surface area contributed by atoms with Gasteiger partial charge in [-0.2, -0.15) is 9.97 Å². The zero-order valence-corrected chi connectivity index (χ0v) is 22.9. The molecular formula is C20H27ClN6O7P2. The highest BCUT2D eigenvalue weighted by Gasteiger charge is 2.25. The van der Waals surface area contributed by atoms with Crippen LogP contribution in [0.2, 0.25) is 5.28 Å². The third kappa shape index (κ3) is 6.68. The smallest absolute Gasteiger partial charge is 0.334 e. The van der Waals surface area contributed by atoms with Crippen molar-refractivity contribution >= 4 is 55.4 Å². The summed E-state index contributed by atoms with van der Waals surface area (Å²) in [6, 6.07) is 4.92. The first-order valence-corrected chi connectivity index (χ1v) is 14.3. The second-order valence-electron chi connectivity index (χ2n) is 7.49. The standard InChI is InChI=1S/C20H27ClN6O7P2/c1-22-18-17-19(26-20(21)25-18)27(12-23-17)9-16(28)24-15-7-13(10-35(29,31-2)32-3)6-14(8-15)11-36(30,33-4)34-5/h6-8,12H,9-11H2,1-5H3,(H,24,28)(H,22,25,26). The van der Waals surface area contributed by atoms with Gasteiger partial charge in [0.05, 0.1) is 18.7 Å². The van der Waals surface area contributed by atoms with E-state index in [0.29, 0.717) is 33.8 Å². The molecule has 0 fully saturated rings. The minimum Gasteiger partial charge on any atom is -0.371 e. The highest BCUT2D eigenvalue weighted by Crippen LogP contribution is 2.52. The summed E-state index contributed by atoms with van der Waals surface area (Å²) in [5.41, 5.74) is 2.27. The van der Waals surface area contributed by atoms with Gasteiger partial charge in [0, 0.05) is 41.2 Å². The number of aromatic nitrogens is 4. The summed E-state index contributed by atoms with van der Waals surface area (Å²) in [5, 5.41) is 5.68. The minimum atomic E-state index is -3.42. The molecule has 2 N–H and O–H groups in total. The molecule has 3 aromatic rings. The lowest BCUT2D eigenvalue weighted by molar-refractivity contribution is -0.116. The number of amides is 1. The summed E-state index contributed by atoms with van der Waals surface area (Å²) in [4.78, 5) is 25.4. The third-order valence-electron chi connectivity index (χ3n) is 5.19. The second-order valence-corrected chi connectivity index (χ2v) is 12.4. The summed E-state index contributed by atoms with van der Waals surface area (Å²) < 4.78 is 47.1. The van der Waals surface area contributed by atoms with E-state index in [0.717, 1.165) is 0 Å². The Bertz CT molecular complexity index is 1290. The lowest BCUT2D eigenvalue weighted by Gasteiger charge is -2.18. The number of nitrogens with one attached hydrogen (secondary N) is 2. The van der Waals surface area contributed by atoms with Crippen molar-refractivity contribution in [1.29, 1.82) is 0 Å². The number of benzene rings is 1. The molecular weight excluding hydrogens is 534 g/mol. The number of carbonyl (C=O) groups excluding carboxylic acids is 1. The number of nitrogens with zero attached hydrogens (tertiary/aromatic N) is 4. The van der Waals surface area contributed by atoms with E-state index in [1.807, 2.05) is 0 Å². The molecule has 3 rings (SSSR count). The fourth-order valence-electron chi connectivity index (χ4n) is 3.43. The number of hydrogen-bond donors (Lipinski definition) is 2. The first-order valence-electron chi connectivity index (χ1n) is 10.5. The van der Waals surface area contributed by atoms with Gasteiger partial charge in [-0.3, -0.25) is 13.9 Å². The zero-order valence-electron chi connectivity index (χ0n) is 20.3. The number of rotatable bonds is 12. The van der Waals surface area contributed by atoms with Crippen LogP contribution in [0.1, 0.15) is 11.1 Å². The average molecular weight is 561 g/mol. The molecule has 0 saturated carbocycles. The fraction of sp³-hybridized carbons (Fsp3) is 0.400. The molecule has 16 heteroatoms. The highest BCUT2D eigenvalue weighted by molar-refractivity contribution is 7.53. The molecule has 0 unspecified atom stereocenters. The molecule has 0 aliphatic rings. The minimum absolute atomic E-state index is 0.00721. The van der Waals surface area contributed by atoms with Crippen LogP contribution in [-0.2, 0) is 50.9 Å². The Labute approximate surface area is 212 Å². The van der Waals surface area contributed by atoms with Gasteiger partial charge in [0.2, 0.25) is 11.2 Å². The quantitative estimate of drug-likeness (QED) is 0.242.